The molecule has 0 unspecified atom stereocenters. The van der Waals surface area contributed by atoms with Crippen LogP contribution >= 0.6 is 0 Å². The van der Waals surface area contributed by atoms with E-state index >= 15 is 0 Å². The van der Waals surface area contributed by atoms with Crippen LogP contribution in [0.5, 0.6) is 17.2 Å². The third-order valence-electron chi connectivity index (χ3n) is 3.20. The van der Waals surface area contributed by atoms with Crippen molar-refractivity contribution in [2.45, 2.75) is 12.8 Å². The molecule has 0 fully saturated rings. The fourth-order valence-electron chi connectivity index (χ4n) is 2.07. The monoisotopic (exact) mass is 310 g/mol. The Labute approximate surface area is 125 Å². The Morgan fingerprint density at radius 2 is 1.59 bits per heavy atom. The van der Waals surface area contributed by atoms with Gasteiger partial charge in [-0.2, -0.15) is 13.2 Å². The topological polar surface area (TPSA) is 27.7 Å². The second kappa shape index (κ2) is 5.79. The van der Waals surface area contributed by atoms with Gasteiger partial charge in [0.1, 0.15) is 25.6 Å². The molecule has 3 rings (SSSR count). The van der Waals surface area contributed by atoms with Gasteiger partial charge in [-0.3, -0.25) is 0 Å². The first-order valence-electron chi connectivity index (χ1n) is 6.71. The van der Waals surface area contributed by atoms with Crippen LogP contribution in [0.15, 0.2) is 42.5 Å². The van der Waals surface area contributed by atoms with Crippen LogP contribution < -0.4 is 14.2 Å². The Morgan fingerprint density at radius 3 is 2.27 bits per heavy atom. The minimum atomic E-state index is -4.32. The van der Waals surface area contributed by atoms with E-state index < -0.39 is 11.7 Å². The van der Waals surface area contributed by atoms with E-state index in [0.29, 0.717) is 36.0 Å². The van der Waals surface area contributed by atoms with E-state index in [4.69, 9.17) is 14.2 Å². The van der Waals surface area contributed by atoms with Gasteiger partial charge in [0.2, 0.25) is 0 Å². The molecule has 22 heavy (non-hydrogen) atoms. The predicted molar refractivity (Wildman–Crippen MR) is 73.2 cm³/mol. The molecule has 2 aromatic carbocycles. The number of benzene rings is 2. The SMILES string of the molecule is FC(F)(F)c1ccc(COc2ccc3c(c2)OCCO3)cc1. The van der Waals surface area contributed by atoms with Gasteiger partial charge in [0, 0.05) is 6.07 Å². The average molecular weight is 310 g/mol. The maximum absolute atomic E-state index is 12.5. The van der Waals surface area contributed by atoms with Crippen molar-refractivity contribution in [3.8, 4) is 17.2 Å². The fourth-order valence-corrected chi connectivity index (χ4v) is 2.07. The van der Waals surface area contributed by atoms with Gasteiger partial charge in [0.25, 0.3) is 0 Å². The maximum atomic E-state index is 12.5. The number of hydrogen-bond acceptors (Lipinski definition) is 3. The van der Waals surface area contributed by atoms with Gasteiger partial charge >= 0.3 is 6.18 Å². The van der Waals surface area contributed by atoms with Gasteiger partial charge in [-0.1, -0.05) is 12.1 Å². The van der Waals surface area contributed by atoms with E-state index in [2.05, 4.69) is 0 Å². The Morgan fingerprint density at radius 1 is 0.909 bits per heavy atom. The number of ether oxygens (including phenoxy) is 3. The number of rotatable bonds is 3. The molecule has 0 radical (unpaired) electrons. The summed E-state index contributed by atoms with van der Waals surface area (Å²) >= 11 is 0. The van der Waals surface area contributed by atoms with Gasteiger partial charge in [0.05, 0.1) is 5.56 Å². The molecule has 1 aliphatic rings. The van der Waals surface area contributed by atoms with Crippen LogP contribution in [0.1, 0.15) is 11.1 Å². The molecular formula is C16H13F3O3. The van der Waals surface area contributed by atoms with Gasteiger partial charge in [-0.25, -0.2) is 0 Å². The van der Waals surface area contributed by atoms with Crippen molar-refractivity contribution in [3.63, 3.8) is 0 Å². The Bertz CT molecular complexity index is 651. The van der Waals surface area contributed by atoms with E-state index in [0.717, 1.165) is 12.1 Å². The van der Waals surface area contributed by atoms with Crippen LogP contribution in [0.4, 0.5) is 13.2 Å². The summed E-state index contributed by atoms with van der Waals surface area (Å²) in [6.07, 6.45) is -4.32. The van der Waals surface area contributed by atoms with Crippen LogP contribution in [0.25, 0.3) is 0 Å². The summed E-state index contributed by atoms with van der Waals surface area (Å²) in [6, 6.07) is 10.1. The van der Waals surface area contributed by atoms with Crippen molar-refractivity contribution in [2.75, 3.05) is 13.2 Å². The van der Waals surface area contributed by atoms with Gasteiger partial charge in [0.15, 0.2) is 11.5 Å². The summed E-state index contributed by atoms with van der Waals surface area (Å²) in [5.41, 5.74) is -0.0153. The zero-order chi connectivity index (χ0) is 15.6. The molecule has 0 N–H and O–H groups in total. The lowest BCUT2D eigenvalue weighted by atomic mass is 10.1. The molecule has 1 heterocycles. The molecule has 3 nitrogen and oxygen atoms in total. The molecule has 0 saturated heterocycles. The van der Waals surface area contributed by atoms with Gasteiger partial charge in [-0.05, 0) is 29.8 Å². The number of halogens is 3. The van der Waals surface area contributed by atoms with Crippen molar-refractivity contribution in [2.24, 2.45) is 0 Å². The lowest BCUT2D eigenvalue weighted by Gasteiger charge is -2.19. The first kappa shape index (κ1) is 14.6. The maximum Gasteiger partial charge on any atom is 0.416 e. The van der Waals surface area contributed by atoms with E-state index in [1.807, 2.05) is 0 Å². The second-order valence-corrected chi connectivity index (χ2v) is 4.79. The molecule has 1 aliphatic heterocycles. The zero-order valence-corrected chi connectivity index (χ0v) is 11.5. The third kappa shape index (κ3) is 3.27. The number of hydrogen-bond donors (Lipinski definition) is 0. The Kier molecular flexibility index (Phi) is 3.83. The van der Waals surface area contributed by atoms with E-state index in [1.54, 1.807) is 18.2 Å². The molecule has 0 amide bonds. The normalized spacial score (nSPS) is 13.8. The number of alkyl halides is 3. The fraction of sp³-hybridized carbons (Fsp3) is 0.250. The standard InChI is InChI=1S/C16H13F3O3/c17-16(18,19)12-3-1-11(2-4-12)10-22-13-5-6-14-15(9-13)21-8-7-20-14/h1-6,9H,7-8,10H2. The number of fused-ring (bicyclic) bond motifs is 1. The van der Waals surface area contributed by atoms with Crippen molar-refractivity contribution < 1.29 is 27.4 Å². The highest BCUT2D eigenvalue weighted by Gasteiger charge is 2.29. The lowest BCUT2D eigenvalue weighted by molar-refractivity contribution is -0.137. The molecule has 0 aliphatic carbocycles. The highest BCUT2D eigenvalue weighted by molar-refractivity contribution is 5.46. The van der Waals surface area contributed by atoms with E-state index in [9.17, 15) is 13.2 Å². The smallest absolute Gasteiger partial charge is 0.416 e. The van der Waals surface area contributed by atoms with E-state index in [-0.39, 0.29) is 6.61 Å². The minimum absolute atomic E-state index is 0.178. The Hall–Kier alpha value is -2.37. The molecular weight excluding hydrogens is 297 g/mol. The molecule has 116 valence electrons. The van der Waals surface area contributed by atoms with Crippen LogP contribution in [-0.2, 0) is 12.8 Å². The minimum Gasteiger partial charge on any atom is -0.489 e. The first-order valence-corrected chi connectivity index (χ1v) is 6.71. The van der Waals surface area contributed by atoms with E-state index in [1.165, 1.54) is 12.1 Å². The third-order valence-corrected chi connectivity index (χ3v) is 3.20. The highest BCUT2D eigenvalue weighted by atomic mass is 19.4. The molecule has 2 aromatic rings. The molecule has 0 saturated carbocycles. The zero-order valence-electron chi connectivity index (χ0n) is 11.5. The Balaban J connectivity index is 1.65. The molecule has 6 heteroatoms. The largest absolute Gasteiger partial charge is 0.489 e. The predicted octanol–water partition coefficient (Wildman–Crippen LogP) is 4.06. The average Bonchev–Trinajstić information content (AvgIpc) is 2.52. The van der Waals surface area contributed by atoms with Crippen LogP contribution in [0, 0.1) is 0 Å². The summed E-state index contributed by atoms with van der Waals surface area (Å²) in [5.74, 6) is 1.84. The van der Waals surface area contributed by atoms with Crippen molar-refractivity contribution in [3.05, 3.63) is 53.6 Å². The van der Waals surface area contributed by atoms with Crippen LogP contribution in [0.2, 0.25) is 0 Å². The summed E-state index contributed by atoms with van der Waals surface area (Å²) < 4.78 is 53.8. The summed E-state index contributed by atoms with van der Waals surface area (Å²) in [7, 11) is 0. The first-order chi connectivity index (χ1) is 10.5. The van der Waals surface area contributed by atoms with Crippen LogP contribution in [-0.4, -0.2) is 13.2 Å². The molecule has 0 bridgehead atoms. The lowest BCUT2D eigenvalue weighted by Crippen LogP contribution is -2.15. The van der Waals surface area contributed by atoms with Crippen LogP contribution in [0.3, 0.4) is 0 Å². The summed E-state index contributed by atoms with van der Waals surface area (Å²) in [5, 5.41) is 0. The molecule has 0 atom stereocenters. The highest BCUT2D eigenvalue weighted by Crippen LogP contribution is 2.34. The molecule has 0 spiro atoms. The quantitative estimate of drug-likeness (QED) is 0.856. The summed E-state index contributed by atoms with van der Waals surface area (Å²) in [6.45, 7) is 1.17. The van der Waals surface area contributed by atoms with Gasteiger partial charge in [-0.15, -0.1) is 0 Å². The van der Waals surface area contributed by atoms with Crippen molar-refractivity contribution in [1.82, 2.24) is 0 Å². The van der Waals surface area contributed by atoms with Crippen molar-refractivity contribution >= 4 is 0 Å². The van der Waals surface area contributed by atoms with Crippen molar-refractivity contribution in [1.29, 1.82) is 0 Å². The second-order valence-electron chi connectivity index (χ2n) is 4.79. The van der Waals surface area contributed by atoms with Gasteiger partial charge < -0.3 is 14.2 Å². The molecule has 0 aromatic heterocycles. The summed E-state index contributed by atoms with van der Waals surface area (Å²) in [4.78, 5) is 0.